The molecule has 3 aliphatic rings. The molecule has 3 heterocycles. The number of fused-ring (bicyclic) bond motifs is 9. The Kier molecular flexibility index (Phi) is 7.18. The van der Waals surface area contributed by atoms with Crippen molar-refractivity contribution < 1.29 is 4.42 Å². The Morgan fingerprint density at radius 3 is 2.16 bits per heavy atom. The maximum Gasteiger partial charge on any atom is 0.159 e. The first kappa shape index (κ1) is 32.2. The van der Waals surface area contributed by atoms with Gasteiger partial charge in [-0.3, -0.25) is 0 Å². The highest BCUT2D eigenvalue weighted by Gasteiger charge is 2.39. The summed E-state index contributed by atoms with van der Waals surface area (Å²) >= 11 is 0. The second-order valence-electron chi connectivity index (χ2n) is 15.5. The second kappa shape index (κ2) is 12.7. The lowest BCUT2D eigenvalue weighted by Gasteiger charge is -2.29. The lowest BCUT2D eigenvalue weighted by Crippen LogP contribution is -2.28. The summed E-state index contributed by atoms with van der Waals surface area (Å²) in [5.74, 6) is 0.228. The Morgan fingerprint density at radius 2 is 1.26 bits per heavy atom. The molecule has 2 aromatic heterocycles. The van der Waals surface area contributed by atoms with E-state index in [1.165, 1.54) is 72.5 Å². The number of para-hydroxylation sites is 2. The third-order valence-corrected chi connectivity index (χ3v) is 12.4. The van der Waals surface area contributed by atoms with E-state index in [9.17, 15) is 0 Å². The predicted molar refractivity (Wildman–Crippen MR) is 238 cm³/mol. The van der Waals surface area contributed by atoms with Gasteiger partial charge in [-0.15, -0.1) is 0 Å². The number of benzene rings is 7. The van der Waals surface area contributed by atoms with Crippen molar-refractivity contribution >= 4 is 50.3 Å². The zero-order valence-corrected chi connectivity index (χ0v) is 31.3. The summed E-state index contributed by atoms with van der Waals surface area (Å²) in [6.07, 6.45) is 15.8. The molecule has 12 rings (SSSR count). The van der Waals surface area contributed by atoms with E-state index in [1.807, 2.05) is 0 Å². The van der Waals surface area contributed by atoms with Crippen molar-refractivity contribution in [1.29, 1.82) is 0 Å². The number of anilines is 2. The minimum atomic E-state index is 0.121. The molecule has 3 nitrogen and oxygen atoms in total. The molecule has 0 saturated carbocycles. The molecule has 0 amide bonds. The SMILES string of the molecule is C1=CC2c3ccc(-c4ccc5c6c(n(-c7ccccc7-c7ccccc7)c5c4)CCC=C6)cc3N(c3cc(-c4ccccc4)cc4c3oc3ccccc34)C2C=C1. The quantitative estimate of drug-likeness (QED) is 0.176. The summed E-state index contributed by atoms with van der Waals surface area (Å²) in [6.45, 7) is 0. The van der Waals surface area contributed by atoms with Crippen LogP contribution in [0, 0.1) is 0 Å². The molecule has 1 aliphatic heterocycles. The lowest BCUT2D eigenvalue weighted by atomic mass is 9.90. The fourth-order valence-electron chi connectivity index (χ4n) is 9.78. The van der Waals surface area contributed by atoms with E-state index in [0.29, 0.717) is 0 Å². The maximum atomic E-state index is 6.79. The first-order valence-corrected chi connectivity index (χ1v) is 20.1. The minimum absolute atomic E-state index is 0.121. The molecular weight excluding hydrogens is 693 g/mol. The molecule has 0 spiro atoms. The number of aromatic nitrogens is 1. The predicted octanol–water partition coefficient (Wildman–Crippen LogP) is 14.2. The highest BCUT2D eigenvalue weighted by atomic mass is 16.3. The van der Waals surface area contributed by atoms with Gasteiger partial charge in [0.05, 0.1) is 22.9 Å². The van der Waals surface area contributed by atoms with Crippen LogP contribution in [0.3, 0.4) is 0 Å². The molecule has 2 atom stereocenters. The molecule has 2 aliphatic carbocycles. The standard InChI is InChI=1S/C54H38N2O/c1-3-15-35(16-4-1)39-31-46-45-22-10-14-26-53(45)57-54(46)52(34-39)56-49-25-13-9-21-42(49)44-30-28-38(33-51(44)56)37-27-29-43-41-20-8-12-24-48(41)55(50(43)32-37)47-23-11-7-19-40(47)36-17-5-2-6-18-36/h1-11,13-23,25-34,42,49H,12,24H2. The zero-order valence-electron chi connectivity index (χ0n) is 31.3. The summed E-state index contributed by atoms with van der Waals surface area (Å²) in [6, 6.07) is 57.8. The van der Waals surface area contributed by atoms with E-state index in [2.05, 4.69) is 204 Å². The Labute approximate surface area is 331 Å². The summed E-state index contributed by atoms with van der Waals surface area (Å²) < 4.78 is 9.33. The van der Waals surface area contributed by atoms with Gasteiger partial charge >= 0.3 is 0 Å². The molecule has 0 N–H and O–H groups in total. The van der Waals surface area contributed by atoms with Gasteiger partial charge in [0.1, 0.15) is 5.58 Å². The van der Waals surface area contributed by atoms with Crippen molar-refractivity contribution in [3.05, 3.63) is 205 Å². The van der Waals surface area contributed by atoms with E-state index in [0.717, 1.165) is 40.5 Å². The van der Waals surface area contributed by atoms with E-state index >= 15 is 0 Å². The van der Waals surface area contributed by atoms with Gasteiger partial charge in [0.25, 0.3) is 0 Å². The van der Waals surface area contributed by atoms with Gasteiger partial charge in [0.2, 0.25) is 0 Å². The molecule has 2 unspecified atom stereocenters. The monoisotopic (exact) mass is 730 g/mol. The van der Waals surface area contributed by atoms with Gasteiger partial charge in [-0.1, -0.05) is 158 Å². The van der Waals surface area contributed by atoms with Crippen molar-refractivity contribution in [3.8, 4) is 39.1 Å². The summed E-state index contributed by atoms with van der Waals surface area (Å²) in [5.41, 5.74) is 17.9. The number of hydrogen-bond acceptors (Lipinski definition) is 2. The first-order chi connectivity index (χ1) is 28.3. The molecule has 0 fully saturated rings. The molecule has 7 aromatic carbocycles. The minimum Gasteiger partial charge on any atom is -0.454 e. The van der Waals surface area contributed by atoms with Crippen molar-refractivity contribution in [2.75, 3.05) is 4.90 Å². The third kappa shape index (κ3) is 4.98. The molecule has 0 radical (unpaired) electrons. The van der Waals surface area contributed by atoms with Crippen LogP contribution < -0.4 is 4.90 Å². The molecule has 3 heteroatoms. The van der Waals surface area contributed by atoms with Gasteiger partial charge in [0, 0.05) is 44.6 Å². The van der Waals surface area contributed by atoms with Crippen molar-refractivity contribution in [3.63, 3.8) is 0 Å². The Bertz CT molecular complexity index is 3140. The van der Waals surface area contributed by atoms with Crippen LogP contribution in [-0.2, 0) is 6.42 Å². The van der Waals surface area contributed by atoms with Crippen LogP contribution in [0.1, 0.15) is 29.2 Å². The summed E-state index contributed by atoms with van der Waals surface area (Å²) in [7, 11) is 0. The van der Waals surface area contributed by atoms with Crippen molar-refractivity contribution in [2.45, 2.75) is 24.8 Å². The summed E-state index contributed by atoms with van der Waals surface area (Å²) in [4.78, 5) is 2.54. The van der Waals surface area contributed by atoms with Gasteiger partial charge in [-0.05, 0) is 82.6 Å². The van der Waals surface area contributed by atoms with Gasteiger partial charge in [-0.25, -0.2) is 0 Å². The average molecular weight is 731 g/mol. The van der Waals surface area contributed by atoms with Gasteiger partial charge < -0.3 is 13.9 Å². The number of hydrogen-bond donors (Lipinski definition) is 0. The first-order valence-electron chi connectivity index (χ1n) is 20.1. The molecule has 270 valence electrons. The molecule has 9 aromatic rings. The topological polar surface area (TPSA) is 21.3 Å². The lowest BCUT2D eigenvalue weighted by molar-refractivity contribution is 0.663. The normalized spacial score (nSPS) is 16.7. The largest absolute Gasteiger partial charge is 0.454 e. The van der Waals surface area contributed by atoms with Gasteiger partial charge in [0.15, 0.2) is 5.58 Å². The highest BCUT2D eigenvalue weighted by molar-refractivity contribution is 6.12. The van der Waals surface area contributed by atoms with Crippen LogP contribution in [0.2, 0.25) is 0 Å². The van der Waals surface area contributed by atoms with Crippen LogP contribution in [0.4, 0.5) is 11.4 Å². The fourth-order valence-corrected chi connectivity index (χ4v) is 9.78. The van der Waals surface area contributed by atoms with E-state index in [1.54, 1.807) is 0 Å². The van der Waals surface area contributed by atoms with Crippen molar-refractivity contribution in [2.24, 2.45) is 0 Å². The van der Waals surface area contributed by atoms with Crippen LogP contribution >= 0.6 is 0 Å². The Morgan fingerprint density at radius 1 is 0.526 bits per heavy atom. The third-order valence-electron chi connectivity index (χ3n) is 12.4. The molecular formula is C54H38N2O. The van der Waals surface area contributed by atoms with Crippen LogP contribution in [0.5, 0.6) is 0 Å². The van der Waals surface area contributed by atoms with Crippen molar-refractivity contribution in [1.82, 2.24) is 4.57 Å². The Hall–Kier alpha value is -7.10. The van der Waals surface area contributed by atoms with Crippen LogP contribution in [-0.4, -0.2) is 10.6 Å². The zero-order chi connectivity index (χ0) is 37.5. The molecule has 57 heavy (non-hydrogen) atoms. The molecule has 0 saturated heterocycles. The smallest absolute Gasteiger partial charge is 0.159 e. The number of nitrogens with zero attached hydrogens (tertiary/aromatic N) is 2. The molecule has 0 bridgehead atoms. The van der Waals surface area contributed by atoms with E-state index < -0.39 is 0 Å². The number of rotatable bonds is 5. The second-order valence-corrected chi connectivity index (χ2v) is 15.5. The van der Waals surface area contributed by atoms with E-state index in [-0.39, 0.29) is 12.0 Å². The Balaban J connectivity index is 1.06. The van der Waals surface area contributed by atoms with Gasteiger partial charge in [-0.2, -0.15) is 0 Å². The fraction of sp³-hybridized carbons (Fsp3) is 0.0741. The van der Waals surface area contributed by atoms with Crippen LogP contribution in [0.15, 0.2) is 193 Å². The number of furan rings is 1. The van der Waals surface area contributed by atoms with E-state index in [4.69, 9.17) is 4.42 Å². The maximum absolute atomic E-state index is 6.79. The average Bonchev–Trinajstić information content (AvgIpc) is 3.94. The number of allylic oxidation sites excluding steroid dienone is 3. The summed E-state index contributed by atoms with van der Waals surface area (Å²) in [5, 5.41) is 3.57. The van der Waals surface area contributed by atoms with Crippen LogP contribution in [0.25, 0.3) is 78.0 Å². The highest BCUT2D eigenvalue weighted by Crippen LogP contribution is 2.52.